The van der Waals surface area contributed by atoms with Crippen molar-refractivity contribution in [1.82, 2.24) is 14.5 Å². The fourth-order valence-corrected chi connectivity index (χ4v) is 2.89. The number of halogens is 3. The molecular weight excluding hydrogens is 321 g/mol. The highest BCUT2D eigenvalue weighted by Gasteiger charge is 2.33. The Kier molecular flexibility index (Phi) is 3.16. The second-order valence-corrected chi connectivity index (χ2v) is 5.49. The van der Waals surface area contributed by atoms with Crippen molar-refractivity contribution in [3.05, 3.63) is 41.6 Å². The van der Waals surface area contributed by atoms with E-state index in [1.807, 2.05) is 18.2 Å². The van der Waals surface area contributed by atoms with Crippen molar-refractivity contribution in [3.8, 4) is 11.7 Å². The largest absolute Gasteiger partial charge is 0.468 e. The molecule has 5 nitrogen and oxygen atoms in total. The number of nitrogens with one attached hydrogen (secondary N) is 1. The number of alkyl halides is 3. The van der Waals surface area contributed by atoms with Crippen LogP contribution in [0.25, 0.3) is 16.9 Å². The average Bonchev–Trinajstić information content (AvgIpc) is 3.16. The zero-order valence-electron chi connectivity index (χ0n) is 12.7. The smallest absolute Gasteiger partial charge is 0.433 e. The van der Waals surface area contributed by atoms with Gasteiger partial charge < -0.3 is 10.1 Å². The van der Waals surface area contributed by atoms with Crippen molar-refractivity contribution in [1.29, 1.82) is 0 Å². The van der Waals surface area contributed by atoms with Crippen LogP contribution in [0.1, 0.15) is 11.3 Å². The average molecular weight is 334 g/mol. The van der Waals surface area contributed by atoms with E-state index in [1.54, 1.807) is 0 Å². The summed E-state index contributed by atoms with van der Waals surface area (Å²) in [4.78, 5) is 7.98. The van der Waals surface area contributed by atoms with Crippen LogP contribution in [0.5, 0.6) is 6.01 Å². The van der Waals surface area contributed by atoms with Crippen molar-refractivity contribution in [2.45, 2.75) is 12.6 Å². The number of rotatable bonds is 2. The maximum Gasteiger partial charge on any atom is 0.433 e. The molecule has 3 heterocycles. The summed E-state index contributed by atoms with van der Waals surface area (Å²) in [5.41, 5.74) is 2.31. The monoisotopic (exact) mass is 334 g/mol. The number of benzene rings is 1. The van der Waals surface area contributed by atoms with Crippen molar-refractivity contribution < 1.29 is 17.9 Å². The number of hydrogen-bond acceptors (Lipinski definition) is 4. The zero-order chi connectivity index (χ0) is 16.9. The fraction of sp³-hybridized carbons (Fsp3) is 0.250. The third-order valence-corrected chi connectivity index (χ3v) is 4.00. The molecule has 3 aromatic rings. The van der Waals surface area contributed by atoms with Gasteiger partial charge in [0.15, 0.2) is 5.65 Å². The Morgan fingerprint density at radius 3 is 2.75 bits per heavy atom. The Hall–Kier alpha value is -2.77. The van der Waals surface area contributed by atoms with Crippen molar-refractivity contribution in [2.24, 2.45) is 0 Å². The van der Waals surface area contributed by atoms with Crippen molar-refractivity contribution in [3.63, 3.8) is 0 Å². The number of aromatic nitrogens is 3. The lowest BCUT2D eigenvalue weighted by atomic mass is 10.1. The lowest BCUT2D eigenvalue weighted by molar-refractivity contribution is -0.141. The summed E-state index contributed by atoms with van der Waals surface area (Å²) in [6.07, 6.45) is -3.66. The zero-order valence-corrected chi connectivity index (χ0v) is 12.7. The molecule has 0 saturated heterocycles. The van der Waals surface area contributed by atoms with E-state index in [0.29, 0.717) is 11.2 Å². The first-order valence-corrected chi connectivity index (χ1v) is 7.35. The number of nitrogens with zero attached hydrogens (tertiary/aromatic N) is 3. The van der Waals surface area contributed by atoms with Crippen molar-refractivity contribution >= 4 is 16.9 Å². The predicted molar refractivity (Wildman–Crippen MR) is 82.6 cm³/mol. The number of pyridine rings is 1. The topological polar surface area (TPSA) is 52.0 Å². The highest BCUT2D eigenvalue weighted by atomic mass is 19.4. The lowest BCUT2D eigenvalue weighted by Gasteiger charge is -2.10. The van der Waals surface area contributed by atoms with Crippen LogP contribution in [0.4, 0.5) is 18.9 Å². The summed E-state index contributed by atoms with van der Waals surface area (Å²) in [5.74, 6) is 0. The molecule has 1 aromatic carbocycles. The Balaban J connectivity index is 1.95. The van der Waals surface area contributed by atoms with Crippen LogP contribution in [-0.2, 0) is 12.6 Å². The van der Waals surface area contributed by atoms with E-state index in [2.05, 4.69) is 15.3 Å². The van der Waals surface area contributed by atoms with Gasteiger partial charge in [0.25, 0.3) is 0 Å². The molecule has 24 heavy (non-hydrogen) atoms. The maximum atomic E-state index is 13.0. The van der Waals surface area contributed by atoms with E-state index in [0.717, 1.165) is 30.3 Å². The highest BCUT2D eigenvalue weighted by molar-refractivity contribution is 5.76. The van der Waals surface area contributed by atoms with Crippen LogP contribution >= 0.6 is 0 Å². The normalized spacial score (nSPS) is 13.8. The van der Waals surface area contributed by atoms with Crippen LogP contribution < -0.4 is 10.1 Å². The van der Waals surface area contributed by atoms with Gasteiger partial charge in [-0.25, -0.2) is 9.55 Å². The lowest BCUT2D eigenvalue weighted by Crippen LogP contribution is -2.09. The second kappa shape index (κ2) is 5.12. The molecule has 1 N–H and O–H groups in total. The summed E-state index contributed by atoms with van der Waals surface area (Å²) >= 11 is 0. The number of imidazole rings is 1. The van der Waals surface area contributed by atoms with Gasteiger partial charge in [-0.2, -0.15) is 18.2 Å². The van der Waals surface area contributed by atoms with Gasteiger partial charge in [-0.05, 0) is 42.3 Å². The molecule has 0 saturated carbocycles. The quantitative estimate of drug-likeness (QED) is 0.780. The van der Waals surface area contributed by atoms with E-state index in [1.165, 1.54) is 17.7 Å². The summed E-state index contributed by atoms with van der Waals surface area (Å²) < 4.78 is 45.7. The van der Waals surface area contributed by atoms with Crippen LogP contribution in [0.2, 0.25) is 0 Å². The first-order valence-electron chi connectivity index (χ1n) is 7.35. The van der Waals surface area contributed by atoms with Gasteiger partial charge in [0.2, 0.25) is 0 Å². The fourth-order valence-electron chi connectivity index (χ4n) is 2.89. The van der Waals surface area contributed by atoms with Crippen LogP contribution in [-0.4, -0.2) is 28.2 Å². The molecule has 0 radical (unpaired) electrons. The van der Waals surface area contributed by atoms with Gasteiger partial charge in [0.1, 0.15) is 11.2 Å². The molecule has 0 atom stereocenters. The SMILES string of the molecule is COc1nc2ccc(C(F)(F)F)nc2n1-c1ccc2c(c1)CCN2. The number of fused-ring (bicyclic) bond motifs is 2. The van der Waals surface area contributed by atoms with Crippen LogP contribution in [0.15, 0.2) is 30.3 Å². The minimum atomic E-state index is -4.52. The number of ether oxygens (including phenoxy) is 1. The van der Waals surface area contributed by atoms with E-state index < -0.39 is 11.9 Å². The molecule has 8 heteroatoms. The summed E-state index contributed by atoms with van der Waals surface area (Å²) in [6.45, 7) is 0.844. The molecule has 1 aliphatic rings. The Morgan fingerprint density at radius 1 is 1.17 bits per heavy atom. The van der Waals surface area contributed by atoms with E-state index in [4.69, 9.17) is 4.74 Å². The number of methoxy groups -OCH3 is 1. The molecule has 1 aliphatic heterocycles. The maximum absolute atomic E-state index is 13.0. The van der Waals surface area contributed by atoms with Gasteiger partial charge in [-0.1, -0.05) is 0 Å². The molecule has 0 bridgehead atoms. The van der Waals surface area contributed by atoms with E-state index in [-0.39, 0.29) is 11.7 Å². The molecule has 0 amide bonds. The van der Waals surface area contributed by atoms with E-state index in [9.17, 15) is 13.2 Å². The van der Waals surface area contributed by atoms with Gasteiger partial charge in [0.05, 0.1) is 12.8 Å². The third kappa shape index (κ3) is 2.26. The Bertz CT molecular complexity index is 933. The minimum absolute atomic E-state index is 0.118. The molecule has 2 aromatic heterocycles. The van der Waals surface area contributed by atoms with Crippen LogP contribution in [0.3, 0.4) is 0 Å². The van der Waals surface area contributed by atoms with Gasteiger partial charge in [-0.15, -0.1) is 0 Å². The molecule has 0 spiro atoms. The highest BCUT2D eigenvalue weighted by Crippen LogP contribution is 2.33. The van der Waals surface area contributed by atoms with Gasteiger partial charge >= 0.3 is 12.2 Å². The van der Waals surface area contributed by atoms with E-state index >= 15 is 0 Å². The summed E-state index contributed by atoms with van der Waals surface area (Å²) in [5, 5.41) is 3.25. The molecule has 0 aliphatic carbocycles. The predicted octanol–water partition coefficient (Wildman–Crippen LogP) is 3.42. The standard InChI is InChI=1S/C16H13F3N4O/c1-24-15-21-12-4-5-13(16(17,18)19)22-14(12)23(15)10-2-3-11-9(8-10)6-7-20-11/h2-5,8,20H,6-7H2,1H3. The van der Waals surface area contributed by atoms with Gasteiger partial charge in [0, 0.05) is 12.2 Å². The molecule has 0 unspecified atom stereocenters. The molecular formula is C16H13F3N4O. The Morgan fingerprint density at radius 2 is 2.00 bits per heavy atom. The number of anilines is 1. The summed E-state index contributed by atoms with van der Waals surface area (Å²) in [6, 6.07) is 8.05. The Labute approximate surface area is 135 Å². The van der Waals surface area contributed by atoms with Gasteiger partial charge in [-0.3, -0.25) is 0 Å². The molecule has 0 fully saturated rings. The molecule has 124 valence electrons. The molecule has 4 rings (SSSR count). The third-order valence-electron chi connectivity index (χ3n) is 4.00. The second-order valence-electron chi connectivity index (χ2n) is 5.49. The van der Waals surface area contributed by atoms with Crippen molar-refractivity contribution in [2.75, 3.05) is 19.0 Å². The first kappa shape index (κ1) is 14.8. The first-order chi connectivity index (χ1) is 11.5. The number of hydrogen-bond donors (Lipinski definition) is 1. The minimum Gasteiger partial charge on any atom is -0.468 e. The van der Waals surface area contributed by atoms with Crippen LogP contribution in [0, 0.1) is 0 Å². The summed E-state index contributed by atoms with van der Waals surface area (Å²) in [7, 11) is 1.43.